The van der Waals surface area contributed by atoms with E-state index in [1.807, 2.05) is 23.1 Å². The van der Waals surface area contributed by atoms with Crippen LogP contribution in [-0.2, 0) is 0 Å². The van der Waals surface area contributed by atoms with E-state index in [4.69, 9.17) is 0 Å². The Labute approximate surface area is 96.7 Å². The molecule has 1 aliphatic carbocycles. The molecule has 4 nitrogen and oxygen atoms in total. The van der Waals surface area contributed by atoms with Crippen LogP contribution in [0, 0.1) is 0 Å². The zero-order valence-electron chi connectivity index (χ0n) is 9.89. The second-order valence-electron chi connectivity index (χ2n) is 4.71. The molecule has 2 N–H and O–H groups in total. The summed E-state index contributed by atoms with van der Waals surface area (Å²) in [6.45, 7) is 3.22. The number of hydrogen-bond acceptors (Lipinski definition) is 3. The second kappa shape index (κ2) is 4.97. The van der Waals surface area contributed by atoms with Crippen LogP contribution in [0.15, 0.2) is 18.5 Å². The Morgan fingerprint density at radius 1 is 1.62 bits per heavy atom. The Balaban J connectivity index is 2.08. The van der Waals surface area contributed by atoms with Crippen LogP contribution in [0.1, 0.15) is 38.6 Å². The molecule has 2 unspecified atom stereocenters. The van der Waals surface area contributed by atoms with E-state index in [1.165, 1.54) is 0 Å². The predicted molar refractivity (Wildman–Crippen MR) is 63.2 cm³/mol. The quantitative estimate of drug-likeness (QED) is 0.810. The van der Waals surface area contributed by atoms with Crippen molar-refractivity contribution in [3.05, 3.63) is 18.5 Å². The number of nitrogens with one attached hydrogen (secondary N) is 1. The average molecular weight is 223 g/mol. The van der Waals surface area contributed by atoms with Gasteiger partial charge < -0.3 is 10.4 Å². The van der Waals surface area contributed by atoms with Gasteiger partial charge in [-0.15, -0.1) is 0 Å². The molecule has 1 aliphatic rings. The third kappa shape index (κ3) is 2.28. The number of nitrogens with zero attached hydrogens (tertiary/aromatic N) is 2. The summed E-state index contributed by atoms with van der Waals surface area (Å²) in [5, 5.41) is 17.4. The predicted octanol–water partition coefficient (Wildman–Crippen LogP) is 1.34. The number of aliphatic hydroxyl groups excluding tert-OH is 1. The molecule has 1 aromatic rings. The molecular formula is C12H21N3O. The Morgan fingerprint density at radius 3 is 3.12 bits per heavy atom. The van der Waals surface area contributed by atoms with Gasteiger partial charge in [0.15, 0.2) is 0 Å². The number of aromatic nitrogens is 2. The van der Waals surface area contributed by atoms with Gasteiger partial charge in [0, 0.05) is 17.9 Å². The van der Waals surface area contributed by atoms with Crippen LogP contribution in [0.25, 0.3) is 0 Å². The van der Waals surface area contributed by atoms with Crippen molar-refractivity contribution in [1.82, 2.24) is 15.1 Å². The highest BCUT2D eigenvalue weighted by molar-refractivity contribution is 4.95. The van der Waals surface area contributed by atoms with Crippen molar-refractivity contribution in [1.29, 1.82) is 0 Å². The summed E-state index contributed by atoms with van der Waals surface area (Å²) in [6.07, 6.45) is 8.19. The highest BCUT2D eigenvalue weighted by Crippen LogP contribution is 2.34. The fraction of sp³-hybridized carbons (Fsp3) is 0.750. The van der Waals surface area contributed by atoms with Gasteiger partial charge in [0.2, 0.25) is 0 Å². The van der Waals surface area contributed by atoms with Gasteiger partial charge in [-0.05, 0) is 38.3 Å². The van der Waals surface area contributed by atoms with Crippen molar-refractivity contribution in [2.24, 2.45) is 0 Å². The number of rotatable bonds is 4. The van der Waals surface area contributed by atoms with Gasteiger partial charge in [0.25, 0.3) is 0 Å². The third-order valence-corrected chi connectivity index (χ3v) is 3.57. The zero-order chi connectivity index (χ0) is 11.4. The van der Waals surface area contributed by atoms with E-state index in [2.05, 4.69) is 17.3 Å². The van der Waals surface area contributed by atoms with Crippen LogP contribution in [0.2, 0.25) is 0 Å². The van der Waals surface area contributed by atoms with E-state index in [9.17, 15) is 5.11 Å². The molecule has 1 aromatic heterocycles. The third-order valence-electron chi connectivity index (χ3n) is 3.57. The lowest BCUT2D eigenvalue weighted by atomic mass is 9.79. The van der Waals surface area contributed by atoms with Crippen LogP contribution in [0.4, 0.5) is 0 Å². The molecule has 0 amide bonds. The molecule has 0 aliphatic heterocycles. The fourth-order valence-electron chi connectivity index (χ4n) is 2.79. The Hall–Kier alpha value is -0.870. The summed E-state index contributed by atoms with van der Waals surface area (Å²) >= 11 is 0. The van der Waals surface area contributed by atoms with Crippen molar-refractivity contribution in [2.45, 2.75) is 44.2 Å². The maximum Gasteiger partial charge on any atom is 0.0614 e. The molecule has 0 saturated heterocycles. The van der Waals surface area contributed by atoms with E-state index in [0.717, 1.165) is 32.2 Å². The first-order valence-corrected chi connectivity index (χ1v) is 6.15. The van der Waals surface area contributed by atoms with Crippen LogP contribution in [0.3, 0.4) is 0 Å². The average Bonchev–Trinajstić information content (AvgIpc) is 2.83. The molecule has 1 fully saturated rings. The summed E-state index contributed by atoms with van der Waals surface area (Å²) in [4.78, 5) is 0. The summed E-state index contributed by atoms with van der Waals surface area (Å²) in [5.41, 5.74) is -0.0936. The largest absolute Gasteiger partial charge is 0.394 e. The minimum Gasteiger partial charge on any atom is -0.394 e. The lowest BCUT2D eigenvalue weighted by Gasteiger charge is -2.40. The lowest BCUT2D eigenvalue weighted by molar-refractivity contribution is 0.0961. The number of hydrogen-bond donors (Lipinski definition) is 2. The molecule has 0 aromatic carbocycles. The van der Waals surface area contributed by atoms with E-state index in [-0.39, 0.29) is 12.1 Å². The summed E-state index contributed by atoms with van der Waals surface area (Å²) in [5.74, 6) is 0. The van der Waals surface area contributed by atoms with Gasteiger partial charge in [-0.1, -0.05) is 6.92 Å². The van der Waals surface area contributed by atoms with Gasteiger partial charge in [0.1, 0.15) is 0 Å². The van der Waals surface area contributed by atoms with Crippen molar-refractivity contribution >= 4 is 0 Å². The minimum atomic E-state index is -0.0936. The van der Waals surface area contributed by atoms with Gasteiger partial charge in [-0.2, -0.15) is 5.10 Å². The van der Waals surface area contributed by atoms with Crippen LogP contribution >= 0.6 is 0 Å². The van der Waals surface area contributed by atoms with Gasteiger partial charge in [0.05, 0.1) is 12.6 Å². The molecule has 0 spiro atoms. The van der Waals surface area contributed by atoms with E-state index < -0.39 is 0 Å². The topological polar surface area (TPSA) is 50.1 Å². The standard InChI is InChI=1S/C12H21N3O/c1-2-13-12(10-16)6-3-5-11(9-12)15-8-4-7-14-15/h4,7-8,11,13,16H,2-3,5-6,9-10H2,1H3. The molecule has 16 heavy (non-hydrogen) atoms. The highest BCUT2D eigenvalue weighted by Gasteiger charge is 2.35. The first kappa shape index (κ1) is 11.6. The van der Waals surface area contributed by atoms with Crippen LogP contribution in [0.5, 0.6) is 0 Å². The first-order chi connectivity index (χ1) is 7.79. The van der Waals surface area contributed by atoms with Crippen molar-refractivity contribution in [3.63, 3.8) is 0 Å². The molecule has 90 valence electrons. The van der Waals surface area contributed by atoms with Crippen LogP contribution < -0.4 is 5.32 Å². The van der Waals surface area contributed by atoms with Crippen molar-refractivity contribution in [3.8, 4) is 0 Å². The first-order valence-electron chi connectivity index (χ1n) is 6.15. The monoisotopic (exact) mass is 223 g/mol. The molecular weight excluding hydrogens is 202 g/mol. The van der Waals surface area contributed by atoms with Crippen molar-refractivity contribution in [2.75, 3.05) is 13.2 Å². The van der Waals surface area contributed by atoms with Gasteiger partial charge >= 0.3 is 0 Å². The SMILES string of the molecule is CCNC1(CO)CCCC(n2cccn2)C1. The van der Waals surface area contributed by atoms with Gasteiger partial charge in [-0.3, -0.25) is 4.68 Å². The fourth-order valence-corrected chi connectivity index (χ4v) is 2.79. The molecule has 1 heterocycles. The summed E-state index contributed by atoms with van der Waals surface area (Å²) in [6, 6.07) is 2.39. The molecule has 4 heteroatoms. The smallest absolute Gasteiger partial charge is 0.0614 e. The molecule has 0 bridgehead atoms. The Morgan fingerprint density at radius 2 is 2.50 bits per heavy atom. The van der Waals surface area contributed by atoms with E-state index in [1.54, 1.807) is 0 Å². The molecule has 0 radical (unpaired) electrons. The lowest BCUT2D eigenvalue weighted by Crippen LogP contribution is -2.51. The van der Waals surface area contributed by atoms with Gasteiger partial charge in [-0.25, -0.2) is 0 Å². The summed E-state index contributed by atoms with van der Waals surface area (Å²) < 4.78 is 2.03. The van der Waals surface area contributed by atoms with E-state index in [0.29, 0.717) is 6.04 Å². The van der Waals surface area contributed by atoms with Crippen molar-refractivity contribution < 1.29 is 5.11 Å². The second-order valence-corrected chi connectivity index (χ2v) is 4.71. The minimum absolute atomic E-state index is 0.0936. The highest BCUT2D eigenvalue weighted by atomic mass is 16.3. The number of aliphatic hydroxyl groups is 1. The molecule has 2 atom stereocenters. The van der Waals surface area contributed by atoms with Crippen LogP contribution in [-0.4, -0.2) is 33.6 Å². The number of likely N-dealkylation sites (N-methyl/N-ethyl adjacent to an activating group) is 1. The normalized spacial score (nSPS) is 30.5. The summed E-state index contributed by atoms with van der Waals surface area (Å²) in [7, 11) is 0. The molecule has 1 saturated carbocycles. The maximum atomic E-state index is 9.60. The Bertz CT molecular complexity index is 308. The molecule has 2 rings (SSSR count). The zero-order valence-corrected chi connectivity index (χ0v) is 9.89. The Kier molecular flexibility index (Phi) is 3.61. The van der Waals surface area contributed by atoms with E-state index >= 15 is 0 Å². The maximum absolute atomic E-state index is 9.60.